The van der Waals surface area contributed by atoms with Crippen molar-refractivity contribution in [3.63, 3.8) is 0 Å². The van der Waals surface area contributed by atoms with Crippen LogP contribution in [0.2, 0.25) is 0 Å². The summed E-state index contributed by atoms with van der Waals surface area (Å²) in [6.07, 6.45) is 9.27. The zero-order valence-electron chi connectivity index (χ0n) is 19.5. The second-order valence-corrected chi connectivity index (χ2v) is 12.0. The maximum atomic E-state index is 11.7. The van der Waals surface area contributed by atoms with Gasteiger partial charge in [-0.2, -0.15) is 0 Å². The average Bonchev–Trinajstić information content (AvgIpc) is 3.05. The summed E-state index contributed by atoms with van der Waals surface area (Å²) in [6.45, 7) is 9.44. The van der Waals surface area contributed by atoms with Gasteiger partial charge in [-0.3, -0.25) is 4.79 Å². The standard InChI is InChI=1S/C26H44O4/c1-5-17-21-14-16(27)10-12-26(21,4)20-11-13-25(3)18(15(2)6-9-22(28)29)7-8-19(25)23(20)24(17)30/h15-21,23-24,27,30H,5-14H2,1-4H3,(H,28,29)/t15-,16+,17-,18-,19+,20+,21+,23+,24-,25-,26-/m1/s1. The van der Waals surface area contributed by atoms with Crippen LogP contribution in [0.25, 0.3) is 0 Å². The fourth-order valence-electron chi connectivity index (χ4n) is 9.48. The molecule has 172 valence electrons. The van der Waals surface area contributed by atoms with Crippen molar-refractivity contribution in [2.24, 2.45) is 52.3 Å². The molecule has 4 aliphatic carbocycles. The van der Waals surface area contributed by atoms with Crippen molar-refractivity contribution in [2.75, 3.05) is 0 Å². The molecule has 4 saturated carbocycles. The molecule has 0 aliphatic heterocycles. The normalized spacial score (nSPS) is 51.5. The molecule has 4 aliphatic rings. The number of aliphatic carboxylic acids is 1. The molecule has 0 aromatic carbocycles. The Kier molecular flexibility index (Phi) is 6.07. The van der Waals surface area contributed by atoms with Gasteiger partial charge in [0.2, 0.25) is 0 Å². The number of carbonyl (C=O) groups is 1. The Morgan fingerprint density at radius 2 is 1.67 bits per heavy atom. The van der Waals surface area contributed by atoms with E-state index >= 15 is 0 Å². The monoisotopic (exact) mass is 420 g/mol. The van der Waals surface area contributed by atoms with E-state index in [1.807, 2.05) is 0 Å². The van der Waals surface area contributed by atoms with Gasteiger partial charge in [-0.25, -0.2) is 0 Å². The fourth-order valence-corrected chi connectivity index (χ4v) is 9.48. The number of aliphatic hydroxyl groups excluding tert-OH is 2. The molecule has 0 radical (unpaired) electrons. The molecule has 4 rings (SSSR count). The minimum Gasteiger partial charge on any atom is -0.481 e. The minimum atomic E-state index is -0.683. The first-order valence-electron chi connectivity index (χ1n) is 12.7. The molecule has 0 aromatic heterocycles. The minimum absolute atomic E-state index is 0.194. The highest BCUT2D eigenvalue weighted by Crippen LogP contribution is 2.69. The predicted molar refractivity (Wildman–Crippen MR) is 118 cm³/mol. The Morgan fingerprint density at radius 3 is 2.33 bits per heavy atom. The van der Waals surface area contributed by atoms with Crippen LogP contribution < -0.4 is 0 Å². The van der Waals surface area contributed by atoms with E-state index in [1.165, 1.54) is 25.7 Å². The molecular formula is C26H44O4. The highest BCUT2D eigenvalue weighted by Gasteiger charge is 2.64. The van der Waals surface area contributed by atoms with E-state index in [1.54, 1.807) is 0 Å². The van der Waals surface area contributed by atoms with Gasteiger partial charge in [0.25, 0.3) is 0 Å². The SMILES string of the molecule is CC[C@H]1[C@@H](O)[C@@H]2[C@H](CC[C@]3(C)[C@@H]([C@H](C)CCC(=O)O)CC[C@@H]23)[C@@]2(C)CC[C@H](O)C[C@@H]12. The smallest absolute Gasteiger partial charge is 0.303 e. The Hall–Kier alpha value is -0.610. The lowest BCUT2D eigenvalue weighted by atomic mass is 9.41. The number of fused-ring (bicyclic) bond motifs is 5. The molecule has 4 heteroatoms. The van der Waals surface area contributed by atoms with Gasteiger partial charge >= 0.3 is 5.97 Å². The van der Waals surface area contributed by atoms with Crippen LogP contribution in [0.3, 0.4) is 0 Å². The lowest BCUT2D eigenvalue weighted by Gasteiger charge is -2.64. The summed E-state index contributed by atoms with van der Waals surface area (Å²) in [4.78, 5) is 11.1. The Balaban J connectivity index is 1.61. The van der Waals surface area contributed by atoms with Crippen molar-refractivity contribution in [3.05, 3.63) is 0 Å². The highest BCUT2D eigenvalue weighted by molar-refractivity contribution is 5.66. The zero-order chi connectivity index (χ0) is 21.8. The van der Waals surface area contributed by atoms with Crippen LogP contribution in [0.4, 0.5) is 0 Å². The first kappa shape index (κ1) is 22.6. The largest absolute Gasteiger partial charge is 0.481 e. The average molecular weight is 421 g/mol. The van der Waals surface area contributed by atoms with Gasteiger partial charge in [-0.15, -0.1) is 0 Å². The molecular weight excluding hydrogens is 376 g/mol. The van der Waals surface area contributed by atoms with Crippen LogP contribution in [0, 0.1) is 52.3 Å². The van der Waals surface area contributed by atoms with E-state index in [0.717, 1.165) is 32.1 Å². The molecule has 0 spiro atoms. The summed E-state index contributed by atoms with van der Waals surface area (Å²) < 4.78 is 0. The summed E-state index contributed by atoms with van der Waals surface area (Å²) in [6, 6.07) is 0. The molecule has 11 atom stereocenters. The maximum Gasteiger partial charge on any atom is 0.303 e. The lowest BCUT2D eigenvalue weighted by molar-refractivity contribution is -0.203. The predicted octanol–water partition coefficient (Wildman–Crippen LogP) is 5.11. The third-order valence-corrected chi connectivity index (χ3v) is 11.0. The Morgan fingerprint density at radius 1 is 1.00 bits per heavy atom. The van der Waals surface area contributed by atoms with Crippen molar-refractivity contribution in [1.82, 2.24) is 0 Å². The van der Waals surface area contributed by atoms with Crippen LogP contribution in [0.5, 0.6) is 0 Å². The van der Waals surface area contributed by atoms with Gasteiger partial charge in [0.05, 0.1) is 12.2 Å². The summed E-state index contributed by atoms with van der Waals surface area (Å²) in [5.74, 6) is 2.58. The van der Waals surface area contributed by atoms with Gasteiger partial charge in [0, 0.05) is 6.42 Å². The van der Waals surface area contributed by atoms with E-state index in [0.29, 0.717) is 41.4 Å². The molecule has 3 N–H and O–H groups in total. The van der Waals surface area contributed by atoms with Crippen LogP contribution in [0.1, 0.15) is 91.9 Å². The molecule has 0 amide bonds. The number of hydrogen-bond donors (Lipinski definition) is 3. The third kappa shape index (κ3) is 3.36. The fraction of sp³-hybridized carbons (Fsp3) is 0.962. The van der Waals surface area contributed by atoms with Gasteiger partial charge in [0.1, 0.15) is 0 Å². The molecule has 4 nitrogen and oxygen atoms in total. The molecule has 0 saturated heterocycles. The number of hydrogen-bond acceptors (Lipinski definition) is 3. The quantitative estimate of drug-likeness (QED) is 0.577. The Bertz CT molecular complexity index is 649. The summed E-state index contributed by atoms with van der Waals surface area (Å²) >= 11 is 0. The van der Waals surface area contributed by atoms with Gasteiger partial charge < -0.3 is 15.3 Å². The second kappa shape index (κ2) is 8.06. The first-order valence-corrected chi connectivity index (χ1v) is 12.7. The molecule has 0 bridgehead atoms. The van der Waals surface area contributed by atoms with Crippen molar-refractivity contribution >= 4 is 5.97 Å². The van der Waals surface area contributed by atoms with Gasteiger partial charge in [-0.05, 0) is 104 Å². The van der Waals surface area contributed by atoms with Crippen LogP contribution in [-0.4, -0.2) is 33.5 Å². The highest BCUT2D eigenvalue weighted by atomic mass is 16.4. The molecule has 4 fully saturated rings. The summed E-state index contributed by atoms with van der Waals surface area (Å²) in [5, 5.41) is 31.3. The van der Waals surface area contributed by atoms with E-state index in [9.17, 15) is 15.0 Å². The third-order valence-electron chi connectivity index (χ3n) is 11.0. The number of carboxylic acid groups (broad SMARTS) is 1. The van der Waals surface area contributed by atoms with E-state index in [-0.39, 0.29) is 29.5 Å². The number of carboxylic acids is 1. The molecule has 30 heavy (non-hydrogen) atoms. The first-order chi connectivity index (χ1) is 14.1. The van der Waals surface area contributed by atoms with Crippen LogP contribution in [0.15, 0.2) is 0 Å². The summed E-state index contributed by atoms with van der Waals surface area (Å²) in [5.41, 5.74) is 0.480. The number of rotatable bonds is 5. The molecule has 0 unspecified atom stereocenters. The topological polar surface area (TPSA) is 77.8 Å². The van der Waals surface area contributed by atoms with E-state index < -0.39 is 5.97 Å². The molecule has 0 heterocycles. The number of aliphatic hydroxyl groups is 2. The Labute approximate surface area is 182 Å². The van der Waals surface area contributed by atoms with Crippen LogP contribution in [-0.2, 0) is 4.79 Å². The van der Waals surface area contributed by atoms with E-state index in [4.69, 9.17) is 5.11 Å². The van der Waals surface area contributed by atoms with Gasteiger partial charge in [0.15, 0.2) is 0 Å². The van der Waals surface area contributed by atoms with Crippen molar-refractivity contribution in [3.8, 4) is 0 Å². The van der Waals surface area contributed by atoms with Gasteiger partial charge in [-0.1, -0.05) is 34.1 Å². The second-order valence-electron chi connectivity index (χ2n) is 12.0. The van der Waals surface area contributed by atoms with E-state index in [2.05, 4.69) is 27.7 Å². The van der Waals surface area contributed by atoms with Crippen molar-refractivity contribution in [1.29, 1.82) is 0 Å². The zero-order valence-corrected chi connectivity index (χ0v) is 19.5. The summed E-state index contributed by atoms with van der Waals surface area (Å²) in [7, 11) is 0. The molecule has 0 aromatic rings. The van der Waals surface area contributed by atoms with Crippen molar-refractivity contribution in [2.45, 2.75) is 104 Å². The van der Waals surface area contributed by atoms with Crippen LogP contribution >= 0.6 is 0 Å². The maximum absolute atomic E-state index is 11.7. The van der Waals surface area contributed by atoms with Crippen molar-refractivity contribution < 1.29 is 20.1 Å². The lowest BCUT2D eigenvalue weighted by Crippen LogP contribution is -2.62.